The second kappa shape index (κ2) is 6.09. The standard InChI is InChI=1S/C11H19N3O3/c1-7(2)5-8(13-10(16)17)9(15)14-11(3,4)6-12/h7-8,13H,5H2,1-4H3,(H,14,15)(H,16,17)/p-1. The molecular formula is C11H18N3O3-. The van der Waals surface area contributed by atoms with Gasteiger partial charge in [0.25, 0.3) is 0 Å². The molecule has 0 radical (unpaired) electrons. The Hall–Kier alpha value is -1.77. The highest BCUT2D eigenvalue weighted by atomic mass is 16.4. The van der Waals surface area contributed by atoms with Gasteiger partial charge in [-0.3, -0.25) is 4.79 Å². The lowest BCUT2D eigenvalue weighted by atomic mass is 10.0. The van der Waals surface area contributed by atoms with Crippen LogP contribution in [0.4, 0.5) is 4.79 Å². The summed E-state index contributed by atoms with van der Waals surface area (Å²) in [7, 11) is 0. The molecule has 1 unspecified atom stereocenters. The van der Waals surface area contributed by atoms with Crippen molar-refractivity contribution in [2.45, 2.75) is 45.7 Å². The van der Waals surface area contributed by atoms with Gasteiger partial charge < -0.3 is 20.5 Å². The quantitative estimate of drug-likeness (QED) is 0.691. The van der Waals surface area contributed by atoms with E-state index in [-0.39, 0.29) is 5.92 Å². The second-order valence-electron chi connectivity index (χ2n) is 4.84. The minimum absolute atomic E-state index is 0.141. The molecule has 0 aliphatic heterocycles. The molecule has 0 saturated carbocycles. The zero-order valence-corrected chi connectivity index (χ0v) is 10.5. The van der Waals surface area contributed by atoms with E-state index in [2.05, 4.69) is 5.32 Å². The van der Waals surface area contributed by atoms with Crippen molar-refractivity contribution in [2.75, 3.05) is 0 Å². The van der Waals surface area contributed by atoms with Gasteiger partial charge in [-0.15, -0.1) is 0 Å². The van der Waals surface area contributed by atoms with Gasteiger partial charge in [-0.25, -0.2) is 0 Å². The predicted molar refractivity (Wildman–Crippen MR) is 59.6 cm³/mol. The van der Waals surface area contributed by atoms with E-state index in [1.807, 2.05) is 25.2 Å². The van der Waals surface area contributed by atoms with Crippen LogP contribution in [0.1, 0.15) is 34.1 Å². The average molecular weight is 240 g/mol. The van der Waals surface area contributed by atoms with Crippen LogP contribution in [0.25, 0.3) is 0 Å². The molecule has 2 N–H and O–H groups in total. The summed E-state index contributed by atoms with van der Waals surface area (Å²) in [4.78, 5) is 22.2. The van der Waals surface area contributed by atoms with Crippen LogP contribution in [0.3, 0.4) is 0 Å². The number of carbonyl (C=O) groups is 2. The Balaban J connectivity index is 4.64. The van der Waals surface area contributed by atoms with Crippen molar-refractivity contribution in [1.82, 2.24) is 10.6 Å². The molecule has 96 valence electrons. The fourth-order valence-corrected chi connectivity index (χ4v) is 1.27. The Bertz CT molecular complexity index is 331. The van der Waals surface area contributed by atoms with Crippen molar-refractivity contribution in [3.8, 4) is 6.07 Å². The number of nitriles is 1. The van der Waals surface area contributed by atoms with Crippen molar-refractivity contribution < 1.29 is 14.7 Å². The summed E-state index contributed by atoms with van der Waals surface area (Å²) in [6, 6.07) is 1.02. The van der Waals surface area contributed by atoms with E-state index in [1.165, 1.54) is 13.8 Å². The number of nitrogens with one attached hydrogen (secondary N) is 2. The van der Waals surface area contributed by atoms with Crippen molar-refractivity contribution in [2.24, 2.45) is 5.92 Å². The van der Waals surface area contributed by atoms with Gasteiger partial charge >= 0.3 is 0 Å². The van der Waals surface area contributed by atoms with Crippen LogP contribution < -0.4 is 15.7 Å². The fraction of sp³-hybridized carbons (Fsp3) is 0.727. The highest BCUT2D eigenvalue weighted by molar-refractivity contribution is 5.85. The van der Waals surface area contributed by atoms with Gasteiger partial charge in [-0.2, -0.15) is 5.26 Å². The molecule has 0 bridgehead atoms. The third-order valence-corrected chi connectivity index (χ3v) is 2.03. The third-order valence-electron chi connectivity index (χ3n) is 2.03. The summed E-state index contributed by atoms with van der Waals surface area (Å²) in [6.07, 6.45) is -1.15. The smallest absolute Gasteiger partial charge is 0.243 e. The van der Waals surface area contributed by atoms with E-state index in [4.69, 9.17) is 5.26 Å². The fourth-order valence-electron chi connectivity index (χ4n) is 1.27. The Morgan fingerprint density at radius 3 is 2.29 bits per heavy atom. The Kier molecular flexibility index (Phi) is 5.45. The molecule has 0 aromatic carbocycles. The van der Waals surface area contributed by atoms with E-state index in [0.29, 0.717) is 6.42 Å². The summed E-state index contributed by atoms with van der Waals surface area (Å²) >= 11 is 0. The van der Waals surface area contributed by atoms with Crippen LogP contribution >= 0.6 is 0 Å². The zero-order valence-electron chi connectivity index (χ0n) is 10.5. The number of rotatable bonds is 5. The summed E-state index contributed by atoms with van der Waals surface area (Å²) < 4.78 is 0. The SMILES string of the molecule is CC(C)CC(NC(=O)[O-])C(=O)NC(C)(C)C#N. The Labute approximate surface area is 101 Å². The second-order valence-corrected chi connectivity index (χ2v) is 4.84. The van der Waals surface area contributed by atoms with Crippen LogP contribution in [0.5, 0.6) is 0 Å². The lowest BCUT2D eigenvalue weighted by Gasteiger charge is -2.25. The zero-order chi connectivity index (χ0) is 13.6. The molecular weight excluding hydrogens is 222 g/mol. The number of carbonyl (C=O) groups excluding carboxylic acids is 2. The van der Waals surface area contributed by atoms with Crippen LogP contribution in [0.15, 0.2) is 0 Å². The Morgan fingerprint density at radius 2 is 1.94 bits per heavy atom. The van der Waals surface area contributed by atoms with E-state index in [1.54, 1.807) is 0 Å². The van der Waals surface area contributed by atoms with Crippen molar-refractivity contribution in [1.29, 1.82) is 5.26 Å². The molecule has 0 aliphatic rings. The minimum atomic E-state index is -1.50. The molecule has 0 rings (SSSR count). The first-order valence-corrected chi connectivity index (χ1v) is 5.38. The van der Waals surface area contributed by atoms with Gasteiger partial charge in [0.2, 0.25) is 5.91 Å². The topological polar surface area (TPSA) is 105 Å². The molecule has 0 aliphatic carbocycles. The molecule has 0 fully saturated rings. The molecule has 0 spiro atoms. The van der Waals surface area contributed by atoms with Gasteiger partial charge in [0.15, 0.2) is 0 Å². The third kappa shape index (κ3) is 6.40. The lowest BCUT2D eigenvalue weighted by molar-refractivity contribution is -0.251. The normalized spacial score (nSPS) is 12.7. The first-order valence-electron chi connectivity index (χ1n) is 5.38. The van der Waals surface area contributed by atoms with Gasteiger partial charge in [-0.1, -0.05) is 13.8 Å². The highest BCUT2D eigenvalue weighted by Gasteiger charge is 2.26. The molecule has 0 heterocycles. The van der Waals surface area contributed by atoms with E-state index in [9.17, 15) is 14.7 Å². The van der Waals surface area contributed by atoms with Gasteiger partial charge in [-0.05, 0) is 26.2 Å². The van der Waals surface area contributed by atoms with Crippen molar-refractivity contribution >= 4 is 12.0 Å². The molecule has 6 heteroatoms. The van der Waals surface area contributed by atoms with Crippen molar-refractivity contribution in [3.05, 3.63) is 0 Å². The number of amides is 2. The minimum Gasteiger partial charge on any atom is -0.530 e. The van der Waals surface area contributed by atoms with Crippen LogP contribution in [0.2, 0.25) is 0 Å². The van der Waals surface area contributed by atoms with Gasteiger partial charge in [0, 0.05) is 0 Å². The maximum Gasteiger partial charge on any atom is 0.243 e. The maximum absolute atomic E-state index is 11.8. The first kappa shape index (κ1) is 15.2. The molecule has 0 aromatic heterocycles. The van der Waals surface area contributed by atoms with E-state index < -0.39 is 23.6 Å². The lowest BCUT2D eigenvalue weighted by Crippen LogP contribution is -2.55. The summed E-state index contributed by atoms with van der Waals surface area (Å²) in [5.41, 5.74) is -1.03. The van der Waals surface area contributed by atoms with Crippen LogP contribution in [-0.4, -0.2) is 23.6 Å². The molecule has 2 amide bonds. The average Bonchev–Trinajstić information content (AvgIpc) is 2.14. The van der Waals surface area contributed by atoms with Crippen molar-refractivity contribution in [3.63, 3.8) is 0 Å². The van der Waals surface area contributed by atoms with E-state index in [0.717, 1.165) is 0 Å². The summed E-state index contributed by atoms with van der Waals surface area (Å²) in [5, 5.41) is 23.7. The highest BCUT2D eigenvalue weighted by Crippen LogP contribution is 2.07. The molecule has 17 heavy (non-hydrogen) atoms. The van der Waals surface area contributed by atoms with Gasteiger partial charge in [0.1, 0.15) is 17.7 Å². The number of hydrogen-bond donors (Lipinski definition) is 2. The predicted octanol–water partition coefficient (Wildman–Crippen LogP) is -0.248. The van der Waals surface area contributed by atoms with Gasteiger partial charge in [0.05, 0.1) is 6.07 Å². The number of nitrogens with zero attached hydrogens (tertiary/aromatic N) is 1. The van der Waals surface area contributed by atoms with Crippen LogP contribution in [-0.2, 0) is 4.79 Å². The summed E-state index contributed by atoms with van der Waals surface area (Å²) in [6.45, 7) is 6.81. The first-order chi connectivity index (χ1) is 7.68. The Morgan fingerprint density at radius 1 is 1.41 bits per heavy atom. The van der Waals surface area contributed by atoms with Crippen LogP contribution in [0, 0.1) is 17.2 Å². The number of hydrogen-bond acceptors (Lipinski definition) is 4. The molecule has 0 aromatic rings. The monoisotopic (exact) mass is 240 g/mol. The number of carboxylic acid groups (broad SMARTS) is 1. The molecule has 0 saturated heterocycles. The van der Waals surface area contributed by atoms with E-state index >= 15 is 0 Å². The maximum atomic E-state index is 11.8. The largest absolute Gasteiger partial charge is 0.530 e. The summed E-state index contributed by atoms with van der Waals surface area (Å²) in [5.74, 6) is -0.378. The molecule has 6 nitrogen and oxygen atoms in total. The molecule has 1 atom stereocenters.